The highest BCUT2D eigenvalue weighted by molar-refractivity contribution is 7.17. The van der Waals surface area contributed by atoms with E-state index >= 15 is 0 Å². The topological polar surface area (TPSA) is 29.3 Å². The van der Waals surface area contributed by atoms with E-state index in [1.807, 2.05) is 30.3 Å². The summed E-state index contributed by atoms with van der Waals surface area (Å²) in [6.07, 6.45) is 0. The van der Waals surface area contributed by atoms with Crippen molar-refractivity contribution in [3.05, 3.63) is 157 Å². The Kier molecular flexibility index (Phi) is 6.00. The lowest BCUT2D eigenvalue weighted by Gasteiger charge is -2.26. The van der Waals surface area contributed by atoms with Gasteiger partial charge in [-0.3, -0.25) is 0 Å². The first kappa shape index (κ1) is 25.8. The second-order valence-electron chi connectivity index (χ2n) is 11.3. The molecule has 45 heavy (non-hydrogen) atoms. The highest BCUT2D eigenvalue weighted by Gasteiger charge is 2.17. The van der Waals surface area contributed by atoms with Crippen molar-refractivity contribution >= 4 is 71.1 Å². The molecule has 2 heterocycles. The third-order valence-corrected chi connectivity index (χ3v) is 9.44. The number of oxazole rings is 1. The van der Waals surface area contributed by atoms with Crippen LogP contribution in [0.5, 0.6) is 0 Å². The predicted octanol–water partition coefficient (Wildman–Crippen LogP) is 12.2. The molecule has 2 aromatic heterocycles. The Labute approximate surface area is 264 Å². The van der Waals surface area contributed by atoms with Crippen LogP contribution in [0.4, 0.5) is 17.1 Å². The van der Waals surface area contributed by atoms with Crippen LogP contribution in [-0.4, -0.2) is 4.98 Å². The zero-order valence-corrected chi connectivity index (χ0v) is 25.0. The van der Waals surface area contributed by atoms with Gasteiger partial charge in [-0.1, -0.05) is 84.9 Å². The molecule has 0 unspecified atom stereocenters. The summed E-state index contributed by atoms with van der Waals surface area (Å²) in [6, 6.07) is 53.7. The zero-order valence-electron chi connectivity index (χ0n) is 24.2. The third kappa shape index (κ3) is 4.46. The zero-order chi connectivity index (χ0) is 29.7. The molecule has 0 aliphatic rings. The Balaban J connectivity index is 1.25. The van der Waals surface area contributed by atoms with E-state index in [-0.39, 0.29) is 0 Å². The number of fused-ring (bicyclic) bond motifs is 6. The summed E-state index contributed by atoms with van der Waals surface area (Å²) in [7, 11) is 0. The van der Waals surface area contributed by atoms with Crippen molar-refractivity contribution in [3.63, 3.8) is 0 Å². The molecule has 0 aliphatic carbocycles. The first-order valence-electron chi connectivity index (χ1n) is 15.0. The molecule has 0 aliphatic heterocycles. The molecule has 0 radical (unpaired) electrons. The number of anilines is 3. The van der Waals surface area contributed by atoms with Crippen LogP contribution in [0.3, 0.4) is 0 Å². The Morgan fingerprint density at radius 2 is 1.16 bits per heavy atom. The second kappa shape index (κ2) is 10.5. The molecule has 3 nitrogen and oxygen atoms in total. The number of aromatic nitrogens is 1. The molecule has 0 spiro atoms. The molecule has 0 fully saturated rings. The van der Waals surface area contributed by atoms with Gasteiger partial charge < -0.3 is 9.32 Å². The van der Waals surface area contributed by atoms with Gasteiger partial charge in [-0.2, -0.15) is 0 Å². The number of thiophene rings is 1. The summed E-state index contributed by atoms with van der Waals surface area (Å²) in [5, 5.41) is 7.89. The molecule has 7 aromatic carbocycles. The van der Waals surface area contributed by atoms with E-state index in [9.17, 15) is 0 Å². The fourth-order valence-electron chi connectivity index (χ4n) is 6.33. The molecule has 0 saturated carbocycles. The van der Waals surface area contributed by atoms with Crippen LogP contribution in [0.25, 0.3) is 65.3 Å². The summed E-state index contributed by atoms with van der Waals surface area (Å²) >= 11 is 1.77. The Bertz CT molecular complexity index is 2480. The maximum atomic E-state index is 6.52. The smallest absolute Gasteiger partial charge is 0.227 e. The number of rotatable bonds is 5. The van der Waals surface area contributed by atoms with Crippen molar-refractivity contribution in [3.8, 4) is 22.6 Å². The lowest BCUT2D eigenvalue weighted by molar-refractivity contribution is 0.623. The van der Waals surface area contributed by atoms with E-state index in [0.29, 0.717) is 5.89 Å². The molecule has 212 valence electrons. The van der Waals surface area contributed by atoms with Crippen LogP contribution in [-0.2, 0) is 0 Å². The first-order valence-corrected chi connectivity index (χ1v) is 15.9. The van der Waals surface area contributed by atoms with E-state index in [0.717, 1.165) is 55.3 Å². The maximum Gasteiger partial charge on any atom is 0.227 e. The SMILES string of the molecule is c1ccc(-c2ccc(N(c3ccc4sccc4c3)c3ccc4ccc5ccc6nc(-c7ccccc7)oc6c5c4c3)cc2)cc1. The van der Waals surface area contributed by atoms with Gasteiger partial charge in [0.15, 0.2) is 5.58 Å². The normalized spacial score (nSPS) is 11.6. The molecular formula is C41H26N2OS. The summed E-state index contributed by atoms with van der Waals surface area (Å²) in [4.78, 5) is 7.22. The third-order valence-electron chi connectivity index (χ3n) is 8.54. The van der Waals surface area contributed by atoms with Crippen LogP contribution < -0.4 is 4.90 Å². The molecule has 0 saturated heterocycles. The fraction of sp³-hybridized carbons (Fsp3) is 0. The monoisotopic (exact) mass is 594 g/mol. The van der Waals surface area contributed by atoms with Gasteiger partial charge in [-0.15, -0.1) is 11.3 Å². The number of nitrogens with zero attached hydrogens (tertiary/aromatic N) is 2. The van der Waals surface area contributed by atoms with Gasteiger partial charge >= 0.3 is 0 Å². The molecule has 0 amide bonds. The number of benzene rings is 7. The largest absolute Gasteiger partial charge is 0.435 e. The lowest BCUT2D eigenvalue weighted by atomic mass is 10.00. The van der Waals surface area contributed by atoms with E-state index in [1.54, 1.807) is 11.3 Å². The van der Waals surface area contributed by atoms with Gasteiger partial charge in [0.05, 0.1) is 0 Å². The van der Waals surface area contributed by atoms with E-state index in [4.69, 9.17) is 9.40 Å². The fourth-order valence-corrected chi connectivity index (χ4v) is 7.10. The highest BCUT2D eigenvalue weighted by Crippen LogP contribution is 2.41. The highest BCUT2D eigenvalue weighted by atomic mass is 32.1. The molecule has 0 bridgehead atoms. The summed E-state index contributed by atoms with van der Waals surface area (Å²) in [5.41, 5.74) is 8.33. The lowest BCUT2D eigenvalue weighted by Crippen LogP contribution is -2.09. The van der Waals surface area contributed by atoms with E-state index in [1.165, 1.54) is 21.2 Å². The molecule has 9 rings (SSSR count). The Hall–Kier alpha value is -5.71. The quantitative estimate of drug-likeness (QED) is 0.186. The maximum absolute atomic E-state index is 6.52. The van der Waals surface area contributed by atoms with Gasteiger partial charge in [0.25, 0.3) is 0 Å². The molecule has 0 atom stereocenters. The minimum atomic E-state index is 0.635. The Morgan fingerprint density at radius 3 is 1.98 bits per heavy atom. The summed E-state index contributed by atoms with van der Waals surface area (Å²) in [5.74, 6) is 0.635. The summed E-state index contributed by atoms with van der Waals surface area (Å²) < 4.78 is 7.80. The molecule has 9 aromatic rings. The van der Waals surface area contributed by atoms with Crippen LogP contribution in [0.15, 0.2) is 161 Å². The van der Waals surface area contributed by atoms with Crippen LogP contribution >= 0.6 is 11.3 Å². The summed E-state index contributed by atoms with van der Waals surface area (Å²) in [6.45, 7) is 0. The van der Waals surface area contributed by atoms with Crippen molar-refractivity contribution in [1.82, 2.24) is 4.98 Å². The van der Waals surface area contributed by atoms with Gasteiger partial charge in [0.2, 0.25) is 5.89 Å². The average molecular weight is 595 g/mol. The molecule has 4 heteroatoms. The molecule has 0 N–H and O–H groups in total. The van der Waals surface area contributed by atoms with Crippen molar-refractivity contribution in [1.29, 1.82) is 0 Å². The van der Waals surface area contributed by atoms with Gasteiger partial charge in [-0.05, 0) is 105 Å². The van der Waals surface area contributed by atoms with E-state index in [2.05, 4.69) is 132 Å². The van der Waals surface area contributed by atoms with Crippen LogP contribution in [0.1, 0.15) is 0 Å². The number of hydrogen-bond donors (Lipinski definition) is 0. The minimum absolute atomic E-state index is 0.635. The average Bonchev–Trinajstić information content (AvgIpc) is 3.77. The van der Waals surface area contributed by atoms with Crippen LogP contribution in [0, 0.1) is 0 Å². The second-order valence-corrected chi connectivity index (χ2v) is 12.2. The van der Waals surface area contributed by atoms with Gasteiger partial charge in [-0.25, -0.2) is 4.98 Å². The number of hydrogen-bond acceptors (Lipinski definition) is 4. The van der Waals surface area contributed by atoms with Crippen LogP contribution in [0.2, 0.25) is 0 Å². The van der Waals surface area contributed by atoms with Crippen molar-refractivity contribution in [2.24, 2.45) is 0 Å². The van der Waals surface area contributed by atoms with E-state index < -0.39 is 0 Å². The molecular weight excluding hydrogens is 569 g/mol. The van der Waals surface area contributed by atoms with Crippen molar-refractivity contribution in [2.45, 2.75) is 0 Å². The standard InChI is InChI=1S/C41H26N2OS/c1-3-7-27(8-4-1)28-13-17-33(18-14-28)43(34-20-22-38-32(25-34)23-24-45-38)35-19-15-29-11-12-30-16-21-37-40(39(30)36(29)26-35)44-41(42-37)31-9-5-2-6-10-31/h1-26H. The Morgan fingerprint density at radius 1 is 0.511 bits per heavy atom. The van der Waals surface area contributed by atoms with Crippen molar-refractivity contribution in [2.75, 3.05) is 4.90 Å². The minimum Gasteiger partial charge on any atom is -0.435 e. The first-order chi connectivity index (χ1) is 22.3. The van der Waals surface area contributed by atoms with Gasteiger partial charge in [0.1, 0.15) is 5.52 Å². The van der Waals surface area contributed by atoms with Crippen molar-refractivity contribution < 1.29 is 4.42 Å². The predicted molar refractivity (Wildman–Crippen MR) is 190 cm³/mol. The van der Waals surface area contributed by atoms with Gasteiger partial charge in [0, 0.05) is 32.7 Å².